The van der Waals surface area contributed by atoms with Crippen molar-refractivity contribution in [1.82, 2.24) is 24.6 Å². The molecule has 10 nitrogen and oxygen atoms in total. The summed E-state index contributed by atoms with van der Waals surface area (Å²) in [6.45, 7) is 3.75. The van der Waals surface area contributed by atoms with E-state index in [-0.39, 0.29) is 29.0 Å². The Bertz CT molecular complexity index is 986. The van der Waals surface area contributed by atoms with Crippen molar-refractivity contribution in [2.75, 3.05) is 26.7 Å². The first-order valence-electron chi connectivity index (χ1n) is 10.7. The third kappa shape index (κ3) is 5.45. The lowest BCUT2D eigenvalue weighted by Gasteiger charge is -2.33. The van der Waals surface area contributed by atoms with E-state index < -0.39 is 4.92 Å². The van der Waals surface area contributed by atoms with E-state index in [1.807, 2.05) is 7.05 Å². The molecule has 1 aromatic carbocycles. The van der Waals surface area contributed by atoms with Gasteiger partial charge in [0.1, 0.15) is 6.33 Å². The number of benzene rings is 1. The Labute approximate surface area is 191 Å². The molecular weight excluding hydrogens is 432 g/mol. The van der Waals surface area contributed by atoms with Gasteiger partial charge in [0.15, 0.2) is 5.16 Å². The molecule has 0 saturated carbocycles. The highest BCUT2D eigenvalue weighted by Gasteiger charge is 2.30. The van der Waals surface area contributed by atoms with E-state index in [2.05, 4.69) is 17.1 Å². The van der Waals surface area contributed by atoms with Gasteiger partial charge in [-0.3, -0.25) is 19.7 Å². The lowest BCUT2D eigenvalue weighted by atomic mass is 9.94. The Morgan fingerprint density at radius 2 is 2.03 bits per heavy atom. The molecule has 0 unspecified atom stereocenters. The molecule has 0 spiro atoms. The zero-order valence-electron chi connectivity index (χ0n) is 18.6. The highest BCUT2D eigenvalue weighted by Crippen LogP contribution is 2.34. The average molecular weight is 461 g/mol. The molecule has 1 aliphatic heterocycles. The standard InChI is InChI=1S/C21H28N6O4S/c1-4-5-10-24(2)19(28)15-8-11-26(12-9-15)20(29)16-6-7-18(17(13-16)27(30)31)32-21-23-22-14-25(21)3/h6-7,13-15H,4-5,8-12H2,1-3H3. The molecule has 1 saturated heterocycles. The number of likely N-dealkylation sites (tertiary alicyclic amines) is 1. The van der Waals surface area contributed by atoms with E-state index in [1.165, 1.54) is 12.4 Å². The van der Waals surface area contributed by atoms with Gasteiger partial charge < -0.3 is 14.4 Å². The van der Waals surface area contributed by atoms with Gasteiger partial charge in [0.25, 0.3) is 11.6 Å². The van der Waals surface area contributed by atoms with Gasteiger partial charge in [-0.2, -0.15) is 0 Å². The minimum absolute atomic E-state index is 0.0830. The number of piperidine rings is 1. The lowest BCUT2D eigenvalue weighted by Crippen LogP contribution is -2.43. The monoisotopic (exact) mass is 460 g/mol. The number of amides is 2. The number of aryl methyl sites for hydroxylation is 1. The molecule has 0 bridgehead atoms. The fourth-order valence-corrected chi connectivity index (χ4v) is 4.52. The van der Waals surface area contributed by atoms with Crippen LogP contribution in [0, 0.1) is 16.0 Å². The molecule has 0 aliphatic carbocycles. The summed E-state index contributed by atoms with van der Waals surface area (Å²) in [4.78, 5) is 40.6. The lowest BCUT2D eigenvalue weighted by molar-refractivity contribution is -0.387. The number of unbranched alkanes of at least 4 members (excludes halogenated alkanes) is 1. The number of hydrogen-bond acceptors (Lipinski definition) is 7. The molecule has 0 N–H and O–H groups in total. The number of nitro benzene ring substituents is 1. The normalized spacial score (nSPS) is 14.4. The van der Waals surface area contributed by atoms with Crippen LogP contribution in [0.3, 0.4) is 0 Å². The summed E-state index contributed by atoms with van der Waals surface area (Å²) >= 11 is 1.12. The maximum atomic E-state index is 13.0. The van der Waals surface area contributed by atoms with Crippen LogP contribution in [0.25, 0.3) is 0 Å². The molecule has 0 atom stereocenters. The van der Waals surface area contributed by atoms with Crippen molar-refractivity contribution >= 4 is 29.3 Å². The van der Waals surface area contributed by atoms with E-state index in [0.717, 1.165) is 31.1 Å². The summed E-state index contributed by atoms with van der Waals surface area (Å²) in [5, 5.41) is 19.9. The van der Waals surface area contributed by atoms with Crippen molar-refractivity contribution in [2.24, 2.45) is 13.0 Å². The van der Waals surface area contributed by atoms with Crippen molar-refractivity contribution in [2.45, 2.75) is 42.7 Å². The predicted molar refractivity (Wildman–Crippen MR) is 119 cm³/mol. The molecule has 2 aromatic rings. The number of nitrogens with zero attached hydrogens (tertiary/aromatic N) is 6. The quantitative estimate of drug-likeness (QED) is 0.439. The highest BCUT2D eigenvalue weighted by molar-refractivity contribution is 7.99. The number of carbonyl (C=O) groups excluding carboxylic acids is 2. The maximum absolute atomic E-state index is 13.0. The minimum atomic E-state index is -0.494. The second-order valence-corrected chi connectivity index (χ2v) is 8.96. The SMILES string of the molecule is CCCCN(C)C(=O)C1CCN(C(=O)c2ccc(Sc3nncn3C)c([N+](=O)[O-])c2)CC1. The molecular formula is C21H28N6O4S. The number of nitro groups is 1. The van der Waals surface area contributed by atoms with Crippen LogP contribution in [0.5, 0.6) is 0 Å². The zero-order chi connectivity index (χ0) is 23.3. The third-order valence-corrected chi connectivity index (χ3v) is 6.75. The van der Waals surface area contributed by atoms with Crippen LogP contribution in [0.4, 0.5) is 5.69 Å². The summed E-state index contributed by atoms with van der Waals surface area (Å²) in [5.41, 5.74) is 0.121. The van der Waals surface area contributed by atoms with Crippen LogP contribution in [0.1, 0.15) is 43.0 Å². The summed E-state index contributed by atoms with van der Waals surface area (Å²) < 4.78 is 1.67. The Morgan fingerprint density at radius 1 is 1.31 bits per heavy atom. The number of aromatic nitrogens is 3. The zero-order valence-corrected chi connectivity index (χ0v) is 19.4. The van der Waals surface area contributed by atoms with Crippen molar-refractivity contribution in [3.8, 4) is 0 Å². The van der Waals surface area contributed by atoms with Crippen molar-refractivity contribution in [3.05, 3.63) is 40.2 Å². The van der Waals surface area contributed by atoms with Gasteiger partial charge >= 0.3 is 0 Å². The maximum Gasteiger partial charge on any atom is 0.284 e. The molecule has 32 heavy (non-hydrogen) atoms. The minimum Gasteiger partial charge on any atom is -0.346 e. The summed E-state index contributed by atoms with van der Waals surface area (Å²) in [5.74, 6) is -0.208. The first kappa shape index (κ1) is 23.7. The van der Waals surface area contributed by atoms with Crippen LogP contribution in [0.15, 0.2) is 34.6 Å². The summed E-state index contributed by atoms with van der Waals surface area (Å²) in [7, 11) is 3.58. The molecule has 2 amide bonds. The second-order valence-electron chi connectivity index (χ2n) is 7.95. The molecule has 1 aromatic heterocycles. The van der Waals surface area contributed by atoms with Crippen molar-refractivity contribution in [3.63, 3.8) is 0 Å². The van der Waals surface area contributed by atoms with E-state index in [1.54, 1.807) is 33.5 Å². The van der Waals surface area contributed by atoms with Gasteiger partial charge in [-0.15, -0.1) is 10.2 Å². The van der Waals surface area contributed by atoms with Gasteiger partial charge in [-0.1, -0.05) is 13.3 Å². The molecule has 172 valence electrons. The first-order valence-corrected chi connectivity index (χ1v) is 11.5. The summed E-state index contributed by atoms with van der Waals surface area (Å²) in [6, 6.07) is 4.49. The first-order chi connectivity index (χ1) is 15.3. The van der Waals surface area contributed by atoms with Crippen LogP contribution in [-0.4, -0.2) is 68.0 Å². The smallest absolute Gasteiger partial charge is 0.284 e. The fraction of sp³-hybridized carbons (Fsp3) is 0.524. The number of rotatable bonds is 8. The Morgan fingerprint density at radius 3 is 2.62 bits per heavy atom. The molecule has 3 rings (SSSR count). The van der Waals surface area contributed by atoms with Gasteiger partial charge in [0.05, 0.1) is 9.82 Å². The number of carbonyl (C=O) groups is 2. The molecule has 1 fully saturated rings. The molecule has 1 aliphatic rings. The van der Waals surface area contributed by atoms with E-state index in [0.29, 0.717) is 36.0 Å². The topological polar surface area (TPSA) is 114 Å². The van der Waals surface area contributed by atoms with E-state index in [9.17, 15) is 19.7 Å². The van der Waals surface area contributed by atoms with Crippen LogP contribution in [0.2, 0.25) is 0 Å². The van der Waals surface area contributed by atoms with Crippen molar-refractivity contribution in [1.29, 1.82) is 0 Å². The highest BCUT2D eigenvalue weighted by atomic mass is 32.2. The largest absolute Gasteiger partial charge is 0.346 e. The van der Waals surface area contributed by atoms with Crippen molar-refractivity contribution < 1.29 is 14.5 Å². The van der Waals surface area contributed by atoms with E-state index in [4.69, 9.17) is 0 Å². The van der Waals surface area contributed by atoms with Crippen LogP contribution in [-0.2, 0) is 11.8 Å². The fourth-order valence-electron chi connectivity index (χ4n) is 3.67. The molecule has 2 heterocycles. The van der Waals surface area contributed by atoms with Gasteiger partial charge in [-0.05, 0) is 43.2 Å². The van der Waals surface area contributed by atoms with Gasteiger partial charge in [0.2, 0.25) is 5.91 Å². The Kier molecular flexibility index (Phi) is 7.84. The summed E-state index contributed by atoms with van der Waals surface area (Å²) in [6.07, 6.45) is 4.73. The van der Waals surface area contributed by atoms with E-state index >= 15 is 0 Å². The Hall–Kier alpha value is -2.95. The van der Waals surface area contributed by atoms with Gasteiger partial charge in [0, 0.05) is 51.3 Å². The third-order valence-electron chi connectivity index (χ3n) is 5.63. The van der Waals surface area contributed by atoms with Gasteiger partial charge in [-0.25, -0.2) is 0 Å². The number of hydrogen-bond donors (Lipinski definition) is 0. The predicted octanol–water partition coefficient (Wildman–Crippen LogP) is 2.99. The average Bonchev–Trinajstić information content (AvgIpc) is 3.20. The Balaban J connectivity index is 1.66. The second kappa shape index (κ2) is 10.6. The molecule has 0 radical (unpaired) electrons. The molecule has 11 heteroatoms. The van der Waals surface area contributed by atoms with Crippen LogP contribution >= 0.6 is 11.8 Å². The van der Waals surface area contributed by atoms with Crippen LogP contribution < -0.4 is 0 Å².